The molecule has 188 valence electrons. The summed E-state index contributed by atoms with van der Waals surface area (Å²) in [5.74, 6) is -0.622. The van der Waals surface area contributed by atoms with Crippen LogP contribution in [0.1, 0.15) is 56.6 Å². The van der Waals surface area contributed by atoms with Crippen LogP contribution in [-0.4, -0.2) is 31.7 Å². The number of aromatic nitrogens is 4. The Morgan fingerprint density at radius 3 is 2.69 bits per heavy atom. The predicted molar refractivity (Wildman–Crippen MR) is 135 cm³/mol. The minimum atomic E-state index is -0.693. The van der Waals surface area contributed by atoms with Crippen molar-refractivity contribution in [3.05, 3.63) is 71.7 Å². The maximum absolute atomic E-state index is 15.0. The predicted octanol–water partition coefficient (Wildman–Crippen LogP) is 5.72. The smallest absolute Gasteiger partial charge is 0.229 e. The van der Waals surface area contributed by atoms with Gasteiger partial charge in [0.1, 0.15) is 11.6 Å². The van der Waals surface area contributed by atoms with Gasteiger partial charge in [0.25, 0.3) is 0 Å². The first-order chi connectivity index (χ1) is 17.4. The van der Waals surface area contributed by atoms with E-state index in [1.54, 1.807) is 35.2 Å². The molecule has 0 unspecified atom stereocenters. The molecule has 0 saturated heterocycles. The van der Waals surface area contributed by atoms with E-state index in [0.717, 1.165) is 36.9 Å². The first-order valence-corrected chi connectivity index (χ1v) is 12.3. The molecule has 0 radical (unpaired) electrons. The fourth-order valence-corrected chi connectivity index (χ4v) is 4.81. The molecular weight excluding hydrogens is 462 g/mol. The second kappa shape index (κ2) is 10.3. The van der Waals surface area contributed by atoms with Gasteiger partial charge in [0.15, 0.2) is 0 Å². The number of nitrogens with two attached hydrogens (primary N) is 1. The standard InChI is InChI=1S/C27H30F2N6O/c1-16(2)36-15-17-10-22(28)26(23(29)11-17)24-7-6-20-13-32-27(35(20)34-24)33-25-14-31-9-8-21(25)18-4-3-5-19(30)12-18/h6-11,13-14,16,18-19H,3-5,12,15,30H2,1-2H3,(H,32,33)/t18-,19+/m1/s1. The summed E-state index contributed by atoms with van der Waals surface area (Å²) in [5.41, 5.74) is 9.27. The molecule has 0 spiro atoms. The van der Waals surface area contributed by atoms with Crippen LogP contribution in [0, 0.1) is 11.6 Å². The molecule has 0 amide bonds. The summed E-state index contributed by atoms with van der Waals surface area (Å²) < 4.78 is 37.0. The molecule has 1 aromatic carbocycles. The summed E-state index contributed by atoms with van der Waals surface area (Å²) in [4.78, 5) is 8.74. The van der Waals surface area contributed by atoms with Crippen molar-refractivity contribution in [2.24, 2.45) is 5.73 Å². The van der Waals surface area contributed by atoms with E-state index in [9.17, 15) is 8.78 Å². The molecule has 4 aromatic rings. The monoisotopic (exact) mass is 492 g/mol. The van der Waals surface area contributed by atoms with E-state index in [-0.39, 0.29) is 30.0 Å². The van der Waals surface area contributed by atoms with Crippen LogP contribution in [0.15, 0.2) is 48.9 Å². The Bertz CT molecular complexity index is 1350. The number of hydrogen-bond donors (Lipinski definition) is 2. The number of benzene rings is 1. The highest BCUT2D eigenvalue weighted by atomic mass is 19.1. The molecule has 3 N–H and O–H groups in total. The molecule has 3 heterocycles. The van der Waals surface area contributed by atoms with Gasteiger partial charge in [-0.15, -0.1) is 0 Å². The van der Waals surface area contributed by atoms with Gasteiger partial charge in [-0.2, -0.15) is 9.61 Å². The Labute approximate surface area is 208 Å². The summed E-state index contributed by atoms with van der Waals surface area (Å²) in [5, 5.41) is 7.86. The largest absolute Gasteiger partial charge is 0.374 e. The average Bonchev–Trinajstić information content (AvgIpc) is 3.25. The van der Waals surface area contributed by atoms with Crippen molar-refractivity contribution >= 4 is 17.2 Å². The van der Waals surface area contributed by atoms with Gasteiger partial charge in [-0.3, -0.25) is 4.98 Å². The molecular formula is C27H30F2N6O. The van der Waals surface area contributed by atoms with Crippen molar-refractivity contribution in [2.75, 3.05) is 5.32 Å². The van der Waals surface area contributed by atoms with Crippen LogP contribution >= 0.6 is 0 Å². The van der Waals surface area contributed by atoms with Gasteiger partial charge >= 0.3 is 0 Å². The number of rotatable bonds is 7. The van der Waals surface area contributed by atoms with Crippen LogP contribution in [0.5, 0.6) is 0 Å². The van der Waals surface area contributed by atoms with E-state index in [1.807, 2.05) is 19.9 Å². The van der Waals surface area contributed by atoms with Crippen molar-refractivity contribution < 1.29 is 13.5 Å². The second-order valence-corrected chi connectivity index (χ2v) is 9.64. The van der Waals surface area contributed by atoms with Crippen molar-refractivity contribution in [3.63, 3.8) is 0 Å². The van der Waals surface area contributed by atoms with Crippen molar-refractivity contribution in [1.29, 1.82) is 0 Å². The molecule has 3 aromatic heterocycles. The number of pyridine rings is 1. The normalized spacial score (nSPS) is 18.2. The Hall–Kier alpha value is -3.43. The molecule has 1 aliphatic rings. The molecule has 0 aliphatic heterocycles. The van der Waals surface area contributed by atoms with Crippen molar-refractivity contribution in [1.82, 2.24) is 19.6 Å². The number of imidazole rings is 1. The molecule has 7 nitrogen and oxygen atoms in total. The average molecular weight is 493 g/mol. The zero-order valence-corrected chi connectivity index (χ0v) is 20.4. The van der Waals surface area contributed by atoms with E-state index in [1.165, 1.54) is 12.1 Å². The Kier molecular flexibility index (Phi) is 6.93. The van der Waals surface area contributed by atoms with Gasteiger partial charge in [0.2, 0.25) is 5.95 Å². The van der Waals surface area contributed by atoms with Gasteiger partial charge in [0.05, 0.1) is 47.6 Å². The highest BCUT2D eigenvalue weighted by molar-refractivity contribution is 5.66. The van der Waals surface area contributed by atoms with E-state index in [2.05, 4.69) is 20.4 Å². The zero-order valence-electron chi connectivity index (χ0n) is 20.4. The minimum Gasteiger partial charge on any atom is -0.374 e. The number of halogens is 2. The quantitative estimate of drug-likeness (QED) is 0.343. The minimum absolute atomic E-state index is 0.0396. The maximum Gasteiger partial charge on any atom is 0.229 e. The van der Waals surface area contributed by atoms with Crippen LogP contribution in [0.3, 0.4) is 0 Å². The summed E-state index contributed by atoms with van der Waals surface area (Å²) >= 11 is 0. The Morgan fingerprint density at radius 2 is 1.94 bits per heavy atom. The molecule has 0 bridgehead atoms. The third-order valence-corrected chi connectivity index (χ3v) is 6.58. The summed E-state index contributed by atoms with van der Waals surface area (Å²) in [7, 11) is 0. The van der Waals surface area contributed by atoms with Crippen LogP contribution in [0.4, 0.5) is 20.4 Å². The molecule has 2 atom stereocenters. The molecule has 1 fully saturated rings. The first-order valence-electron chi connectivity index (χ1n) is 12.3. The number of nitrogens with one attached hydrogen (secondary N) is 1. The van der Waals surface area contributed by atoms with Gasteiger partial charge in [-0.05, 0) is 80.5 Å². The number of nitrogens with zero attached hydrogens (tertiary/aromatic N) is 4. The van der Waals surface area contributed by atoms with Crippen molar-refractivity contribution in [2.45, 2.75) is 64.2 Å². The molecule has 36 heavy (non-hydrogen) atoms. The molecule has 1 saturated carbocycles. The van der Waals surface area contributed by atoms with E-state index in [0.29, 0.717) is 22.9 Å². The lowest BCUT2D eigenvalue weighted by molar-refractivity contribution is 0.0654. The summed E-state index contributed by atoms with van der Waals surface area (Å²) in [6.45, 7) is 3.87. The number of anilines is 2. The van der Waals surface area contributed by atoms with Crippen molar-refractivity contribution in [3.8, 4) is 11.3 Å². The van der Waals surface area contributed by atoms with Gasteiger partial charge in [0, 0.05) is 12.2 Å². The highest BCUT2D eigenvalue weighted by Crippen LogP contribution is 2.36. The van der Waals surface area contributed by atoms with Gasteiger partial charge in [-0.1, -0.05) is 6.42 Å². The molecule has 5 rings (SSSR count). The first kappa shape index (κ1) is 24.3. The lowest BCUT2D eigenvalue weighted by Crippen LogP contribution is -2.27. The highest BCUT2D eigenvalue weighted by Gasteiger charge is 2.24. The maximum atomic E-state index is 15.0. The van der Waals surface area contributed by atoms with E-state index in [4.69, 9.17) is 10.5 Å². The fourth-order valence-electron chi connectivity index (χ4n) is 4.81. The summed E-state index contributed by atoms with van der Waals surface area (Å²) in [6.07, 6.45) is 9.27. The molecule has 1 aliphatic carbocycles. The Morgan fingerprint density at radius 1 is 1.14 bits per heavy atom. The summed E-state index contributed by atoms with van der Waals surface area (Å²) in [6, 6.07) is 8.10. The van der Waals surface area contributed by atoms with E-state index >= 15 is 0 Å². The number of hydrogen-bond acceptors (Lipinski definition) is 6. The third kappa shape index (κ3) is 5.08. The fraction of sp³-hybridized carbons (Fsp3) is 0.370. The van der Waals surface area contributed by atoms with E-state index < -0.39 is 11.6 Å². The zero-order chi connectivity index (χ0) is 25.2. The van der Waals surface area contributed by atoms with Crippen LogP contribution in [-0.2, 0) is 11.3 Å². The SMILES string of the molecule is CC(C)OCc1cc(F)c(-c2ccc3cnc(Nc4cnccc4[C@@H]4CCC[C@H](N)C4)n3n2)c(F)c1. The Balaban J connectivity index is 1.47. The third-order valence-electron chi connectivity index (χ3n) is 6.58. The number of fused-ring (bicyclic) bond motifs is 1. The topological polar surface area (TPSA) is 90.4 Å². The van der Waals surface area contributed by atoms with Gasteiger partial charge in [-0.25, -0.2) is 13.8 Å². The van der Waals surface area contributed by atoms with Crippen LogP contribution in [0.25, 0.3) is 16.8 Å². The molecule has 9 heteroatoms. The lowest BCUT2D eigenvalue weighted by atomic mass is 9.81. The van der Waals surface area contributed by atoms with Gasteiger partial charge < -0.3 is 15.8 Å². The van der Waals surface area contributed by atoms with Crippen LogP contribution < -0.4 is 11.1 Å². The number of ether oxygens (including phenoxy) is 1. The second-order valence-electron chi connectivity index (χ2n) is 9.64. The lowest BCUT2D eigenvalue weighted by Gasteiger charge is -2.28. The van der Waals surface area contributed by atoms with Crippen LogP contribution in [0.2, 0.25) is 0 Å².